The van der Waals surface area contributed by atoms with Gasteiger partial charge in [-0.2, -0.15) is 0 Å². The molecule has 21 heavy (non-hydrogen) atoms. The largest absolute Gasteiger partial charge is 0.393 e. The molecule has 0 atom stereocenters. The second kappa shape index (κ2) is 6.54. The second-order valence-electron chi connectivity index (χ2n) is 6.12. The molecule has 114 valence electrons. The molecule has 0 aliphatic carbocycles. The van der Waals surface area contributed by atoms with Crippen LogP contribution in [0.5, 0.6) is 0 Å². The Balaban J connectivity index is 1.82. The lowest BCUT2D eigenvalue weighted by molar-refractivity contribution is -0.117. The van der Waals surface area contributed by atoms with Crippen molar-refractivity contribution in [3.63, 3.8) is 0 Å². The van der Waals surface area contributed by atoms with Gasteiger partial charge in [-0.1, -0.05) is 36.8 Å². The molecule has 1 saturated heterocycles. The molecule has 0 spiro atoms. The standard InChI is InChI=1S/C16H23N3OS/c1-12-3-5-13(6-4-12)18-14(20)11-19-9-7-16(2,8-10-19)15(17)21/h3-6H,7-11H2,1-2H3,(H2,17,21)(H,18,20). The van der Waals surface area contributed by atoms with Gasteiger partial charge in [0.2, 0.25) is 5.91 Å². The van der Waals surface area contributed by atoms with Crippen LogP contribution in [0.1, 0.15) is 25.3 Å². The predicted octanol–water partition coefficient (Wildman–Crippen LogP) is 2.32. The zero-order valence-corrected chi connectivity index (χ0v) is 13.5. The second-order valence-corrected chi connectivity index (χ2v) is 6.56. The number of amides is 1. The van der Waals surface area contributed by atoms with Crippen LogP contribution in [0.25, 0.3) is 0 Å². The summed E-state index contributed by atoms with van der Waals surface area (Å²) in [5.74, 6) is 0.0257. The van der Waals surface area contributed by atoms with Crippen LogP contribution in [0.2, 0.25) is 0 Å². The number of carbonyl (C=O) groups is 1. The number of piperidine rings is 1. The fourth-order valence-corrected chi connectivity index (χ4v) is 2.70. The van der Waals surface area contributed by atoms with E-state index in [4.69, 9.17) is 18.0 Å². The summed E-state index contributed by atoms with van der Waals surface area (Å²) in [6, 6.07) is 7.83. The number of nitrogens with one attached hydrogen (secondary N) is 1. The number of hydrogen-bond donors (Lipinski definition) is 2. The number of rotatable bonds is 4. The van der Waals surface area contributed by atoms with E-state index in [2.05, 4.69) is 17.1 Å². The van der Waals surface area contributed by atoms with Crippen molar-refractivity contribution in [1.29, 1.82) is 0 Å². The van der Waals surface area contributed by atoms with Crippen LogP contribution in [0.3, 0.4) is 0 Å². The lowest BCUT2D eigenvalue weighted by atomic mass is 9.80. The Morgan fingerprint density at radius 3 is 2.43 bits per heavy atom. The molecule has 0 unspecified atom stereocenters. The molecule has 0 radical (unpaired) electrons. The fraction of sp³-hybridized carbons (Fsp3) is 0.500. The van der Waals surface area contributed by atoms with E-state index in [1.54, 1.807) is 0 Å². The lowest BCUT2D eigenvalue weighted by Crippen LogP contribution is -2.46. The summed E-state index contributed by atoms with van der Waals surface area (Å²) >= 11 is 5.13. The number of thiocarbonyl (C=S) groups is 1. The van der Waals surface area contributed by atoms with Gasteiger partial charge in [-0.05, 0) is 45.0 Å². The Hall–Kier alpha value is -1.46. The number of carbonyl (C=O) groups excluding carboxylic acids is 1. The van der Waals surface area contributed by atoms with Gasteiger partial charge in [-0.25, -0.2) is 0 Å². The molecule has 1 heterocycles. The Kier molecular flexibility index (Phi) is 4.96. The summed E-state index contributed by atoms with van der Waals surface area (Å²) in [5.41, 5.74) is 7.76. The first-order valence-electron chi connectivity index (χ1n) is 7.28. The molecule has 1 amide bonds. The normalized spacial score (nSPS) is 18.2. The third kappa shape index (κ3) is 4.25. The fourth-order valence-electron chi connectivity index (χ4n) is 2.49. The highest BCUT2D eigenvalue weighted by Gasteiger charge is 2.32. The first-order chi connectivity index (χ1) is 9.89. The van der Waals surface area contributed by atoms with Crippen molar-refractivity contribution < 1.29 is 4.79 Å². The highest BCUT2D eigenvalue weighted by Crippen LogP contribution is 2.30. The summed E-state index contributed by atoms with van der Waals surface area (Å²) in [6.45, 7) is 6.27. The van der Waals surface area contributed by atoms with Crippen LogP contribution in [0.15, 0.2) is 24.3 Å². The molecular formula is C16H23N3OS. The molecule has 1 aliphatic heterocycles. The molecule has 1 aromatic rings. The van der Waals surface area contributed by atoms with Gasteiger partial charge in [0.25, 0.3) is 0 Å². The smallest absolute Gasteiger partial charge is 0.238 e. The van der Waals surface area contributed by atoms with E-state index < -0.39 is 0 Å². The Morgan fingerprint density at radius 1 is 1.33 bits per heavy atom. The minimum absolute atomic E-state index is 0.0257. The minimum Gasteiger partial charge on any atom is -0.393 e. The summed E-state index contributed by atoms with van der Waals surface area (Å²) < 4.78 is 0. The first kappa shape index (κ1) is 15.9. The maximum atomic E-state index is 12.1. The molecule has 0 bridgehead atoms. The third-order valence-corrected chi connectivity index (χ3v) is 4.75. The zero-order valence-electron chi connectivity index (χ0n) is 12.7. The summed E-state index contributed by atoms with van der Waals surface area (Å²) in [5, 5.41) is 2.93. The maximum Gasteiger partial charge on any atom is 0.238 e. The first-order valence-corrected chi connectivity index (χ1v) is 7.69. The number of nitrogens with zero attached hydrogens (tertiary/aromatic N) is 1. The van der Waals surface area contributed by atoms with Crippen molar-refractivity contribution >= 4 is 28.8 Å². The maximum absolute atomic E-state index is 12.1. The van der Waals surface area contributed by atoms with E-state index >= 15 is 0 Å². The van der Waals surface area contributed by atoms with Crippen LogP contribution >= 0.6 is 12.2 Å². The molecule has 3 N–H and O–H groups in total. The topological polar surface area (TPSA) is 58.4 Å². The van der Waals surface area contributed by atoms with Gasteiger partial charge in [0, 0.05) is 11.1 Å². The van der Waals surface area contributed by atoms with Crippen LogP contribution in [0.4, 0.5) is 5.69 Å². The van der Waals surface area contributed by atoms with Crippen molar-refractivity contribution in [3.05, 3.63) is 29.8 Å². The molecule has 1 fully saturated rings. The third-order valence-electron chi connectivity index (χ3n) is 4.26. The van der Waals surface area contributed by atoms with Crippen molar-refractivity contribution in [2.24, 2.45) is 11.1 Å². The van der Waals surface area contributed by atoms with E-state index in [1.165, 1.54) is 5.56 Å². The predicted molar refractivity (Wildman–Crippen MR) is 90.4 cm³/mol. The van der Waals surface area contributed by atoms with Gasteiger partial charge >= 0.3 is 0 Å². The van der Waals surface area contributed by atoms with Crippen LogP contribution in [0, 0.1) is 12.3 Å². The zero-order chi connectivity index (χ0) is 15.5. The Labute approximate surface area is 131 Å². The van der Waals surface area contributed by atoms with Gasteiger partial charge in [0.1, 0.15) is 0 Å². The Morgan fingerprint density at radius 2 is 1.90 bits per heavy atom. The molecular weight excluding hydrogens is 282 g/mol. The molecule has 2 rings (SSSR count). The molecule has 5 heteroatoms. The van der Waals surface area contributed by atoms with Gasteiger partial charge in [-0.15, -0.1) is 0 Å². The van der Waals surface area contributed by atoms with E-state index in [-0.39, 0.29) is 11.3 Å². The van der Waals surface area contributed by atoms with Gasteiger partial charge in [0.05, 0.1) is 11.5 Å². The number of likely N-dealkylation sites (tertiary alicyclic amines) is 1. The minimum atomic E-state index is -0.0563. The summed E-state index contributed by atoms with van der Waals surface area (Å²) in [7, 11) is 0. The molecule has 0 aromatic heterocycles. The molecule has 0 saturated carbocycles. The lowest BCUT2D eigenvalue weighted by Gasteiger charge is -2.38. The summed E-state index contributed by atoms with van der Waals surface area (Å²) in [6.07, 6.45) is 1.83. The van der Waals surface area contributed by atoms with Crippen molar-refractivity contribution in [2.75, 3.05) is 25.0 Å². The number of anilines is 1. The number of aryl methyl sites for hydroxylation is 1. The monoisotopic (exact) mass is 305 g/mol. The van der Waals surface area contributed by atoms with Crippen LogP contribution < -0.4 is 11.1 Å². The molecule has 1 aliphatic rings. The van der Waals surface area contributed by atoms with E-state index in [9.17, 15) is 4.79 Å². The highest BCUT2D eigenvalue weighted by molar-refractivity contribution is 7.80. The van der Waals surface area contributed by atoms with E-state index in [1.807, 2.05) is 31.2 Å². The quantitative estimate of drug-likeness (QED) is 0.838. The highest BCUT2D eigenvalue weighted by atomic mass is 32.1. The van der Waals surface area contributed by atoms with E-state index in [0.717, 1.165) is 31.6 Å². The van der Waals surface area contributed by atoms with Gasteiger partial charge < -0.3 is 11.1 Å². The van der Waals surface area contributed by atoms with Crippen molar-refractivity contribution in [1.82, 2.24) is 4.90 Å². The van der Waals surface area contributed by atoms with Crippen molar-refractivity contribution in [2.45, 2.75) is 26.7 Å². The average molecular weight is 305 g/mol. The number of benzene rings is 1. The molecule has 1 aromatic carbocycles. The van der Waals surface area contributed by atoms with Crippen molar-refractivity contribution in [3.8, 4) is 0 Å². The van der Waals surface area contributed by atoms with Gasteiger partial charge in [-0.3, -0.25) is 9.69 Å². The summed E-state index contributed by atoms with van der Waals surface area (Å²) in [4.78, 5) is 14.8. The number of nitrogens with two attached hydrogens (primary N) is 1. The van der Waals surface area contributed by atoms with Crippen LogP contribution in [-0.4, -0.2) is 35.4 Å². The average Bonchev–Trinajstić information content (AvgIpc) is 2.44. The van der Waals surface area contributed by atoms with E-state index in [0.29, 0.717) is 11.5 Å². The Bertz CT molecular complexity index is 519. The van der Waals surface area contributed by atoms with Crippen LogP contribution in [-0.2, 0) is 4.79 Å². The number of hydrogen-bond acceptors (Lipinski definition) is 3. The SMILES string of the molecule is Cc1ccc(NC(=O)CN2CCC(C)(C(N)=S)CC2)cc1. The van der Waals surface area contributed by atoms with Gasteiger partial charge in [0.15, 0.2) is 0 Å². The molecule has 4 nitrogen and oxygen atoms in total.